The lowest BCUT2D eigenvalue weighted by atomic mass is 9.57. The molecule has 1 aliphatic rings. The summed E-state index contributed by atoms with van der Waals surface area (Å²) in [5, 5.41) is 4.14. The Balaban J connectivity index is 1.91. The Morgan fingerprint density at radius 2 is 2.19 bits per heavy atom. The predicted octanol–water partition coefficient (Wildman–Crippen LogP) is 2.52. The van der Waals surface area contributed by atoms with Gasteiger partial charge in [-0.15, -0.1) is 0 Å². The van der Waals surface area contributed by atoms with Crippen molar-refractivity contribution in [2.75, 3.05) is 6.26 Å². The van der Waals surface area contributed by atoms with Crippen molar-refractivity contribution in [2.45, 2.75) is 58.9 Å². The van der Waals surface area contributed by atoms with Gasteiger partial charge in [0.2, 0.25) is 10.0 Å². The summed E-state index contributed by atoms with van der Waals surface area (Å²) in [5.41, 5.74) is 0.933. The molecular weight excluding hydrogens is 288 g/mol. The van der Waals surface area contributed by atoms with Crippen LogP contribution in [-0.4, -0.2) is 25.9 Å². The van der Waals surface area contributed by atoms with E-state index in [-0.39, 0.29) is 11.5 Å². The molecule has 6 heteroatoms. The van der Waals surface area contributed by atoms with Crippen LogP contribution in [0.15, 0.2) is 10.6 Å². The molecule has 2 atom stereocenters. The molecule has 0 saturated heterocycles. The molecule has 5 nitrogen and oxygen atoms in total. The van der Waals surface area contributed by atoms with E-state index in [1.807, 2.05) is 6.07 Å². The minimum Gasteiger partial charge on any atom is -0.361 e. The number of sulfonamides is 1. The Labute approximate surface area is 127 Å². The molecular formula is C15H26N2O3S. The highest BCUT2D eigenvalue weighted by Crippen LogP contribution is 2.48. The van der Waals surface area contributed by atoms with E-state index in [9.17, 15) is 8.42 Å². The van der Waals surface area contributed by atoms with Gasteiger partial charge in [0.05, 0.1) is 11.9 Å². The van der Waals surface area contributed by atoms with Crippen LogP contribution in [0.2, 0.25) is 0 Å². The van der Waals surface area contributed by atoms with Gasteiger partial charge in [0.25, 0.3) is 0 Å². The second kappa shape index (κ2) is 6.08. The monoisotopic (exact) mass is 314 g/mol. The van der Waals surface area contributed by atoms with Gasteiger partial charge < -0.3 is 4.52 Å². The van der Waals surface area contributed by atoms with Crippen LogP contribution in [-0.2, 0) is 22.9 Å². The first kappa shape index (κ1) is 16.5. The first-order valence-electron chi connectivity index (χ1n) is 7.64. The first-order valence-corrected chi connectivity index (χ1v) is 9.53. The van der Waals surface area contributed by atoms with Crippen LogP contribution in [0.1, 0.15) is 51.5 Å². The van der Waals surface area contributed by atoms with Crippen molar-refractivity contribution in [1.82, 2.24) is 9.88 Å². The summed E-state index contributed by atoms with van der Waals surface area (Å²) in [6.45, 7) is 6.38. The van der Waals surface area contributed by atoms with Gasteiger partial charge >= 0.3 is 0 Å². The lowest BCUT2D eigenvalue weighted by Gasteiger charge is -2.52. The maximum absolute atomic E-state index is 11.4. The van der Waals surface area contributed by atoms with Crippen LogP contribution < -0.4 is 4.72 Å². The van der Waals surface area contributed by atoms with Crippen LogP contribution in [0.5, 0.6) is 0 Å². The third-order valence-corrected chi connectivity index (χ3v) is 5.38. The number of aromatic nitrogens is 1. The normalized spacial score (nSPS) is 24.8. The molecule has 0 aliphatic heterocycles. The Hall–Kier alpha value is -0.880. The molecule has 1 aromatic heterocycles. The van der Waals surface area contributed by atoms with E-state index in [2.05, 4.69) is 30.6 Å². The molecule has 0 amide bonds. The standard InChI is InChI=1S/C15H26N2O3S/c1-5-6-7-13-10-12(16-20-13)8-11-9-14(15(11,2)3)17-21(4,18)19/h10-11,14,17H,5-9H2,1-4H3. The van der Waals surface area contributed by atoms with Gasteiger partial charge in [-0.2, -0.15) is 0 Å². The lowest BCUT2D eigenvalue weighted by molar-refractivity contribution is 0.0271. The fourth-order valence-corrected chi connectivity index (χ4v) is 3.91. The highest BCUT2D eigenvalue weighted by Gasteiger charge is 2.49. The van der Waals surface area contributed by atoms with Crippen molar-refractivity contribution in [1.29, 1.82) is 0 Å². The molecule has 2 unspecified atom stereocenters. The van der Waals surface area contributed by atoms with E-state index in [1.165, 1.54) is 6.26 Å². The quantitative estimate of drug-likeness (QED) is 0.839. The van der Waals surface area contributed by atoms with E-state index in [4.69, 9.17) is 4.52 Å². The molecule has 1 aromatic rings. The number of hydrogen-bond donors (Lipinski definition) is 1. The maximum Gasteiger partial charge on any atom is 0.208 e. The molecule has 1 heterocycles. The summed E-state index contributed by atoms with van der Waals surface area (Å²) < 4.78 is 30.8. The fourth-order valence-electron chi connectivity index (χ4n) is 2.99. The topological polar surface area (TPSA) is 72.2 Å². The molecule has 0 spiro atoms. The average molecular weight is 314 g/mol. The summed E-state index contributed by atoms with van der Waals surface area (Å²) >= 11 is 0. The van der Waals surface area contributed by atoms with Crippen LogP contribution in [0.4, 0.5) is 0 Å². The second-order valence-corrected chi connectivity index (χ2v) is 8.57. The van der Waals surface area contributed by atoms with Gasteiger partial charge in [-0.25, -0.2) is 13.1 Å². The van der Waals surface area contributed by atoms with E-state index >= 15 is 0 Å². The summed E-state index contributed by atoms with van der Waals surface area (Å²) in [6.07, 6.45) is 6.13. The summed E-state index contributed by atoms with van der Waals surface area (Å²) in [7, 11) is -3.14. The first-order chi connectivity index (χ1) is 9.72. The summed E-state index contributed by atoms with van der Waals surface area (Å²) in [4.78, 5) is 0. The zero-order valence-corrected chi connectivity index (χ0v) is 14.2. The summed E-state index contributed by atoms with van der Waals surface area (Å²) in [5.74, 6) is 1.38. The van der Waals surface area contributed by atoms with Crippen molar-refractivity contribution in [3.8, 4) is 0 Å². The van der Waals surface area contributed by atoms with Gasteiger partial charge in [-0.3, -0.25) is 0 Å². The van der Waals surface area contributed by atoms with Gasteiger partial charge in [0.15, 0.2) is 0 Å². The molecule has 1 fully saturated rings. The van der Waals surface area contributed by atoms with Gasteiger partial charge in [-0.05, 0) is 30.6 Å². The molecule has 1 aliphatic carbocycles. The maximum atomic E-state index is 11.4. The molecule has 1 N–H and O–H groups in total. The predicted molar refractivity (Wildman–Crippen MR) is 82.5 cm³/mol. The highest BCUT2D eigenvalue weighted by molar-refractivity contribution is 7.88. The highest BCUT2D eigenvalue weighted by atomic mass is 32.2. The SMILES string of the molecule is CCCCc1cc(CC2CC(NS(C)(=O)=O)C2(C)C)no1. The number of nitrogens with one attached hydrogen (secondary N) is 1. The second-order valence-electron chi connectivity index (χ2n) is 6.79. The molecule has 0 radical (unpaired) electrons. The van der Waals surface area contributed by atoms with Crippen molar-refractivity contribution >= 4 is 10.0 Å². The Bertz CT molecular complexity index is 577. The van der Waals surface area contributed by atoms with Gasteiger partial charge in [-0.1, -0.05) is 32.3 Å². The van der Waals surface area contributed by atoms with E-state index in [0.717, 1.165) is 43.6 Å². The molecule has 2 rings (SSSR count). The minimum atomic E-state index is -3.14. The number of hydrogen-bond acceptors (Lipinski definition) is 4. The van der Waals surface area contributed by atoms with Gasteiger partial charge in [0, 0.05) is 18.5 Å². The van der Waals surface area contributed by atoms with E-state index in [1.54, 1.807) is 0 Å². The largest absolute Gasteiger partial charge is 0.361 e. The molecule has 1 saturated carbocycles. The smallest absolute Gasteiger partial charge is 0.208 e. The third kappa shape index (κ3) is 4.07. The Morgan fingerprint density at radius 1 is 1.48 bits per heavy atom. The van der Waals surface area contributed by atoms with Gasteiger partial charge in [0.1, 0.15) is 5.76 Å². The van der Waals surface area contributed by atoms with Crippen molar-refractivity contribution in [2.24, 2.45) is 11.3 Å². The zero-order valence-electron chi connectivity index (χ0n) is 13.3. The lowest BCUT2D eigenvalue weighted by Crippen LogP contribution is -2.58. The van der Waals surface area contributed by atoms with E-state index < -0.39 is 10.0 Å². The molecule has 0 aromatic carbocycles. The van der Waals surface area contributed by atoms with Crippen LogP contribution in [0.25, 0.3) is 0 Å². The molecule has 21 heavy (non-hydrogen) atoms. The number of unbranched alkanes of at least 4 members (excludes halogenated alkanes) is 1. The number of rotatable bonds is 7. The number of aryl methyl sites for hydroxylation is 1. The third-order valence-electron chi connectivity index (χ3n) is 4.67. The average Bonchev–Trinajstić information content (AvgIpc) is 2.81. The van der Waals surface area contributed by atoms with Crippen LogP contribution >= 0.6 is 0 Å². The number of nitrogens with zero attached hydrogens (tertiary/aromatic N) is 1. The van der Waals surface area contributed by atoms with Crippen molar-refractivity contribution in [3.63, 3.8) is 0 Å². The van der Waals surface area contributed by atoms with E-state index in [0.29, 0.717) is 5.92 Å². The fraction of sp³-hybridized carbons (Fsp3) is 0.800. The van der Waals surface area contributed by atoms with Crippen molar-refractivity contribution < 1.29 is 12.9 Å². The Morgan fingerprint density at radius 3 is 2.76 bits per heavy atom. The molecule has 120 valence electrons. The zero-order chi connectivity index (χ0) is 15.7. The Kier molecular flexibility index (Phi) is 4.78. The van der Waals surface area contributed by atoms with Crippen molar-refractivity contribution in [3.05, 3.63) is 17.5 Å². The summed E-state index contributed by atoms with van der Waals surface area (Å²) in [6, 6.07) is 2.06. The molecule has 0 bridgehead atoms. The minimum absolute atomic E-state index is 0.0176. The van der Waals surface area contributed by atoms with Crippen LogP contribution in [0, 0.1) is 11.3 Å². The van der Waals surface area contributed by atoms with Crippen LogP contribution in [0.3, 0.4) is 0 Å².